The third-order valence-electron chi connectivity index (χ3n) is 4.14. The van der Waals surface area contributed by atoms with Gasteiger partial charge in [0.1, 0.15) is 6.04 Å². The van der Waals surface area contributed by atoms with Gasteiger partial charge in [-0.25, -0.2) is 4.79 Å². The molecule has 1 aliphatic carbocycles. The molecule has 3 unspecified atom stereocenters. The van der Waals surface area contributed by atoms with Crippen LogP contribution in [-0.4, -0.2) is 18.6 Å². The van der Waals surface area contributed by atoms with Crippen LogP contribution in [0.4, 0.5) is 5.69 Å². The lowest BCUT2D eigenvalue weighted by atomic mass is 9.78. The van der Waals surface area contributed by atoms with Crippen LogP contribution in [0.1, 0.15) is 39.5 Å². The van der Waals surface area contributed by atoms with E-state index in [1.165, 1.54) is 12.8 Å². The summed E-state index contributed by atoms with van der Waals surface area (Å²) in [5.41, 5.74) is 0.959. The van der Waals surface area contributed by atoms with Crippen LogP contribution in [-0.2, 0) is 9.53 Å². The molecule has 0 bridgehead atoms. The Bertz CT molecular complexity index is 478. The Morgan fingerprint density at radius 2 is 2.29 bits per heavy atom. The van der Waals surface area contributed by atoms with Gasteiger partial charge in [-0.05, 0) is 49.8 Å². The van der Waals surface area contributed by atoms with E-state index < -0.39 is 0 Å². The Balaban J connectivity index is 2.13. The quantitative estimate of drug-likeness (QED) is 0.784. The predicted molar refractivity (Wildman–Crippen MR) is 89.3 cm³/mol. The zero-order valence-electron chi connectivity index (χ0n) is 12.8. The number of esters is 1. The molecule has 1 aromatic carbocycles. The SMILES string of the molecule is CCOC(=O)C(Nc1cccc(Br)c1)C1CCCC(C)C1. The van der Waals surface area contributed by atoms with Crippen LogP contribution in [0.15, 0.2) is 28.7 Å². The van der Waals surface area contributed by atoms with Gasteiger partial charge in [0, 0.05) is 10.2 Å². The highest BCUT2D eigenvalue weighted by Crippen LogP contribution is 2.32. The number of hydrogen-bond acceptors (Lipinski definition) is 3. The van der Waals surface area contributed by atoms with Gasteiger partial charge >= 0.3 is 5.97 Å². The molecule has 2 rings (SSSR count). The standard InChI is InChI=1S/C17H24BrNO2/c1-3-21-17(20)16(13-7-4-6-12(2)10-13)19-15-9-5-8-14(18)11-15/h5,8-9,11-13,16,19H,3-4,6-7,10H2,1-2H3. The lowest BCUT2D eigenvalue weighted by Crippen LogP contribution is -2.40. The van der Waals surface area contributed by atoms with E-state index in [9.17, 15) is 4.79 Å². The van der Waals surface area contributed by atoms with E-state index in [-0.39, 0.29) is 12.0 Å². The molecule has 1 aromatic rings. The van der Waals surface area contributed by atoms with E-state index in [0.717, 1.165) is 23.0 Å². The number of anilines is 1. The maximum atomic E-state index is 12.3. The Labute approximate surface area is 135 Å². The largest absolute Gasteiger partial charge is 0.464 e. The van der Waals surface area contributed by atoms with Crippen molar-refractivity contribution in [3.05, 3.63) is 28.7 Å². The van der Waals surface area contributed by atoms with E-state index in [2.05, 4.69) is 28.2 Å². The summed E-state index contributed by atoms with van der Waals surface area (Å²) in [6, 6.07) is 7.69. The normalized spacial score (nSPS) is 23.4. The molecule has 3 atom stereocenters. The first-order chi connectivity index (χ1) is 10.1. The summed E-state index contributed by atoms with van der Waals surface area (Å²) in [5.74, 6) is 0.911. The van der Waals surface area contributed by atoms with Crippen molar-refractivity contribution >= 4 is 27.6 Å². The average molecular weight is 354 g/mol. The number of benzene rings is 1. The zero-order valence-corrected chi connectivity index (χ0v) is 14.4. The summed E-state index contributed by atoms with van der Waals surface area (Å²) in [5, 5.41) is 3.39. The number of halogens is 1. The fourth-order valence-corrected chi connectivity index (χ4v) is 3.54. The Hall–Kier alpha value is -1.03. The Morgan fingerprint density at radius 1 is 1.48 bits per heavy atom. The smallest absolute Gasteiger partial charge is 0.328 e. The van der Waals surface area contributed by atoms with Gasteiger partial charge in [-0.2, -0.15) is 0 Å². The number of carbonyl (C=O) groups excluding carboxylic acids is 1. The molecule has 0 amide bonds. The van der Waals surface area contributed by atoms with Crippen molar-refractivity contribution in [3.8, 4) is 0 Å². The van der Waals surface area contributed by atoms with Crippen LogP contribution < -0.4 is 5.32 Å². The van der Waals surface area contributed by atoms with Gasteiger partial charge < -0.3 is 10.1 Å². The Morgan fingerprint density at radius 3 is 2.95 bits per heavy atom. The minimum atomic E-state index is -0.248. The highest BCUT2D eigenvalue weighted by molar-refractivity contribution is 9.10. The maximum Gasteiger partial charge on any atom is 0.328 e. The van der Waals surface area contributed by atoms with Crippen LogP contribution >= 0.6 is 15.9 Å². The Kier molecular flexibility index (Phi) is 6.09. The van der Waals surface area contributed by atoms with Crippen molar-refractivity contribution in [2.24, 2.45) is 11.8 Å². The predicted octanol–water partition coefficient (Wildman–Crippen LogP) is 4.62. The van der Waals surface area contributed by atoms with Crippen LogP contribution in [0.2, 0.25) is 0 Å². The maximum absolute atomic E-state index is 12.3. The van der Waals surface area contributed by atoms with Gasteiger partial charge in [-0.1, -0.05) is 41.8 Å². The summed E-state index contributed by atoms with van der Waals surface area (Å²) in [6.45, 7) is 4.56. The van der Waals surface area contributed by atoms with Gasteiger partial charge in [-0.15, -0.1) is 0 Å². The molecule has 1 fully saturated rings. The molecule has 3 nitrogen and oxygen atoms in total. The molecule has 1 aliphatic rings. The van der Waals surface area contributed by atoms with Crippen molar-refractivity contribution in [3.63, 3.8) is 0 Å². The molecule has 0 aliphatic heterocycles. The highest BCUT2D eigenvalue weighted by atomic mass is 79.9. The third-order valence-corrected chi connectivity index (χ3v) is 4.63. The summed E-state index contributed by atoms with van der Waals surface area (Å²) in [4.78, 5) is 12.3. The molecule has 21 heavy (non-hydrogen) atoms. The first kappa shape index (κ1) is 16.3. The van der Waals surface area contributed by atoms with Crippen molar-refractivity contribution in [1.82, 2.24) is 0 Å². The molecular formula is C17H24BrNO2. The fourth-order valence-electron chi connectivity index (χ4n) is 3.14. The van der Waals surface area contributed by atoms with Crippen LogP contribution in [0.5, 0.6) is 0 Å². The second kappa shape index (κ2) is 7.83. The average Bonchev–Trinajstić information content (AvgIpc) is 2.45. The van der Waals surface area contributed by atoms with E-state index in [0.29, 0.717) is 18.4 Å². The monoisotopic (exact) mass is 353 g/mol. The highest BCUT2D eigenvalue weighted by Gasteiger charge is 2.32. The number of ether oxygens (including phenoxy) is 1. The first-order valence-corrected chi connectivity index (χ1v) is 8.58. The van der Waals surface area contributed by atoms with E-state index in [1.807, 2.05) is 31.2 Å². The molecule has 116 valence electrons. The third kappa shape index (κ3) is 4.73. The molecule has 0 aromatic heterocycles. The summed E-state index contributed by atoms with van der Waals surface area (Å²) in [6.07, 6.45) is 4.64. The second-order valence-corrected chi connectivity index (χ2v) is 6.83. The van der Waals surface area contributed by atoms with Gasteiger partial charge in [0.25, 0.3) is 0 Å². The van der Waals surface area contributed by atoms with Crippen LogP contribution in [0.3, 0.4) is 0 Å². The summed E-state index contributed by atoms with van der Waals surface area (Å²) in [7, 11) is 0. The molecule has 1 saturated carbocycles. The van der Waals surface area contributed by atoms with Gasteiger partial charge in [0.05, 0.1) is 6.61 Å². The van der Waals surface area contributed by atoms with Crippen molar-refractivity contribution in [2.45, 2.75) is 45.6 Å². The number of rotatable bonds is 5. The number of nitrogens with one attached hydrogen (secondary N) is 1. The lowest BCUT2D eigenvalue weighted by Gasteiger charge is -2.33. The molecule has 4 heteroatoms. The molecule has 0 heterocycles. The molecule has 0 saturated heterocycles. The van der Waals surface area contributed by atoms with Gasteiger partial charge in [0.15, 0.2) is 0 Å². The van der Waals surface area contributed by atoms with Crippen LogP contribution in [0.25, 0.3) is 0 Å². The molecule has 0 spiro atoms. The second-order valence-electron chi connectivity index (χ2n) is 5.92. The summed E-state index contributed by atoms with van der Waals surface area (Å²) >= 11 is 3.47. The van der Waals surface area contributed by atoms with Crippen LogP contribution in [0, 0.1) is 11.8 Å². The molecule has 0 radical (unpaired) electrons. The lowest BCUT2D eigenvalue weighted by molar-refractivity contribution is -0.145. The number of carbonyl (C=O) groups is 1. The number of hydrogen-bond donors (Lipinski definition) is 1. The van der Waals surface area contributed by atoms with Gasteiger partial charge in [-0.3, -0.25) is 0 Å². The minimum absolute atomic E-state index is 0.128. The van der Waals surface area contributed by atoms with Gasteiger partial charge in [0.2, 0.25) is 0 Å². The van der Waals surface area contributed by atoms with Crippen molar-refractivity contribution in [1.29, 1.82) is 0 Å². The topological polar surface area (TPSA) is 38.3 Å². The van der Waals surface area contributed by atoms with E-state index >= 15 is 0 Å². The summed E-state index contributed by atoms with van der Waals surface area (Å²) < 4.78 is 6.29. The van der Waals surface area contributed by atoms with E-state index in [4.69, 9.17) is 4.74 Å². The van der Waals surface area contributed by atoms with Crippen molar-refractivity contribution in [2.75, 3.05) is 11.9 Å². The zero-order chi connectivity index (χ0) is 15.2. The van der Waals surface area contributed by atoms with E-state index in [1.54, 1.807) is 0 Å². The van der Waals surface area contributed by atoms with Crippen molar-refractivity contribution < 1.29 is 9.53 Å². The first-order valence-electron chi connectivity index (χ1n) is 7.79. The molecular weight excluding hydrogens is 330 g/mol. The fraction of sp³-hybridized carbons (Fsp3) is 0.588. The molecule has 1 N–H and O–H groups in total. The minimum Gasteiger partial charge on any atom is -0.464 e.